The van der Waals surface area contributed by atoms with Gasteiger partial charge >= 0.3 is 0 Å². The van der Waals surface area contributed by atoms with Crippen LogP contribution in [0, 0.1) is 0 Å². The van der Waals surface area contributed by atoms with Crippen LogP contribution in [0.5, 0.6) is 11.5 Å². The van der Waals surface area contributed by atoms with Crippen molar-refractivity contribution in [2.24, 2.45) is 5.73 Å². The Kier molecular flexibility index (Phi) is 3.42. The predicted octanol–water partition coefficient (Wildman–Crippen LogP) is 1.29. The van der Waals surface area contributed by atoms with Crippen molar-refractivity contribution in [3.05, 3.63) is 30.3 Å². The van der Waals surface area contributed by atoms with Crippen LogP contribution in [0.25, 0.3) is 11.3 Å². The molecule has 0 aliphatic carbocycles. The van der Waals surface area contributed by atoms with Gasteiger partial charge < -0.3 is 24.5 Å². The highest BCUT2D eigenvalue weighted by Crippen LogP contribution is 2.35. The number of aromatic nitrogens is 1. The van der Waals surface area contributed by atoms with Crippen LogP contribution in [-0.2, 0) is 0 Å². The van der Waals surface area contributed by atoms with Gasteiger partial charge in [0.25, 0.3) is 5.91 Å². The van der Waals surface area contributed by atoms with Gasteiger partial charge in [-0.2, -0.15) is 0 Å². The lowest BCUT2D eigenvalue weighted by atomic mass is 10.1. The van der Waals surface area contributed by atoms with Crippen LogP contribution >= 0.6 is 0 Å². The van der Waals surface area contributed by atoms with E-state index in [2.05, 4.69) is 4.98 Å². The lowest BCUT2D eigenvalue weighted by Crippen LogP contribution is -2.32. The third-order valence-corrected chi connectivity index (χ3v) is 4.09. The van der Waals surface area contributed by atoms with Crippen LogP contribution in [0.4, 0.5) is 0 Å². The van der Waals surface area contributed by atoms with Gasteiger partial charge in [-0.15, -0.1) is 0 Å². The van der Waals surface area contributed by atoms with Gasteiger partial charge in [-0.25, -0.2) is 4.98 Å². The number of rotatable bonds is 2. The summed E-state index contributed by atoms with van der Waals surface area (Å²) in [6.07, 6.45) is 2.10. The molecule has 1 aromatic heterocycles. The minimum Gasteiger partial charge on any atom is -0.486 e. The molecule has 2 aromatic rings. The third kappa shape index (κ3) is 2.53. The van der Waals surface area contributed by atoms with Gasteiger partial charge in [-0.3, -0.25) is 4.79 Å². The Balaban J connectivity index is 1.66. The fraction of sp³-hybridized carbons (Fsp3) is 0.375. The highest BCUT2D eigenvalue weighted by molar-refractivity contribution is 5.98. The fourth-order valence-electron chi connectivity index (χ4n) is 2.91. The first-order chi connectivity index (χ1) is 11.2. The quantitative estimate of drug-likeness (QED) is 0.898. The number of fused-ring (bicyclic) bond motifs is 1. The molecule has 1 atom stereocenters. The number of carbonyl (C=O) groups is 1. The van der Waals surface area contributed by atoms with E-state index in [1.165, 1.54) is 6.39 Å². The number of amides is 1. The first-order valence-electron chi connectivity index (χ1n) is 7.61. The Morgan fingerprint density at radius 1 is 1.26 bits per heavy atom. The average Bonchev–Trinajstić information content (AvgIpc) is 3.23. The monoisotopic (exact) mass is 315 g/mol. The molecule has 2 aliphatic heterocycles. The summed E-state index contributed by atoms with van der Waals surface area (Å²) in [5.41, 5.74) is 6.91. The molecular weight excluding hydrogens is 298 g/mol. The van der Waals surface area contributed by atoms with E-state index in [4.69, 9.17) is 19.6 Å². The summed E-state index contributed by atoms with van der Waals surface area (Å²) in [6.45, 7) is 2.23. The number of carbonyl (C=O) groups excluding carboxylic acids is 1. The number of likely N-dealkylation sites (tertiary alicyclic amines) is 1. The van der Waals surface area contributed by atoms with Gasteiger partial charge in [0.05, 0.1) is 0 Å². The Morgan fingerprint density at radius 2 is 2.09 bits per heavy atom. The molecule has 4 rings (SSSR count). The van der Waals surface area contributed by atoms with Crippen LogP contribution in [0.2, 0.25) is 0 Å². The zero-order valence-electron chi connectivity index (χ0n) is 12.5. The molecule has 2 aliphatic rings. The SMILES string of the molecule is N[C@@H]1CCN(C(=O)c2ncoc2-c2ccc3c(c2)OCCO3)C1. The Labute approximate surface area is 133 Å². The highest BCUT2D eigenvalue weighted by Gasteiger charge is 2.29. The van der Waals surface area contributed by atoms with Gasteiger partial charge in [-0.05, 0) is 24.6 Å². The molecule has 2 N–H and O–H groups in total. The van der Waals surface area contributed by atoms with Crippen molar-refractivity contribution in [1.82, 2.24) is 9.88 Å². The van der Waals surface area contributed by atoms with E-state index in [-0.39, 0.29) is 11.9 Å². The molecule has 1 amide bonds. The summed E-state index contributed by atoms with van der Waals surface area (Å²) in [4.78, 5) is 18.4. The first kappa shape index (κ1) is 14.1. The Bertz CT molecular complexity index is 743. The van der Waals surface area contributed by atoms with Crippen molar-refractivity contribution in [2.75, 3.05) is 26.3 Å². The normalized spacial score (nSPS) is 19.9. The molecule has 0 saturated carbocycles. The molecule has 0 spiro atoms. The molecule has 120 valence electrons. The van der Waals surface area contributed by atoms with Crippen LogP contribution in [0.1, 0.15) is 16.9 Å². The van der Waals surface area contributed by atoms with E-state index in [0.29, 0.717) is 49.3 Å². The van der Waals surface area contributed by atoms with E-state index in [1.54, 1.807) is 4.90 Å². The molecule has 1 aromatic carbocycles. The van der Waals surface area contributed by atoms with Crippen molar-refractivity contribution >= 4 is 5.91 Å². The summed E-state index contributed by atoms with van der Waals surface area (Å²) in [6, 6.07) is 5.48. The topological polar surface area (TPSA) is 90.8 Å². The van der Waals surface area contributed by atoms with Gasteiger partial charge in [0.15, 0.2) is 29.3 Å². The average molecular weight is 315 g/mol. The zero-order chi connectivity index (χ0) is 15.8. The minimum atomic E-state index is -0.156. The molecule has 1 saturated heterocycles. The molecular formula is C16H17N3O4. The number of nitrogens with two attached hydrogens (primary N) is 1. The number of hydrogen-bond donors (Lipinski definition) is 1. The second kappa shape index (κ2) is 5.58. The smallest absolute Gasteiger partial charge is 0.276 e. The van der Waals surface area contributed by atoms with E-state index in [9.17, 15) is 4.79 Å². The summed E-state index contributed by atoms with van der Waals surface area (Å²) in [7, 11) is 0. The number of oxazole rings is 1. The maximum absolute atomic E-state index is 12.6. The number of hydrogen-bond acceptors (Lipinski definition) is 6. The standard InChI is InChI=1S/C16H17N3O4/c17-11-3-4-19(8-11)16(20)14-15(23-9-18-14)10-1-2-12-13(7-10)22-6-5-21-12/h1-2,7,9,11H,3-6,8,17H2/t11-/m1/s1. The second-order valence-corrected chi connectivity index (χ2v) is 5.69. The predicted molar refractivity (Wildman–Crippen MR) is 81.4 cm³/mol. The lowest BCUT2D eigenvalue weighted by Gasteiger charge is -2.19. The fourth-order valence-corrected chi connectivity index (χ4v) is 2.91. The van der Waals surface area contributed by atoms with Gasteiger partial charge in [0.1, 0.15) is 13.2 Å². The van der Waals surface area contributed by atoms with Crippen molar-refractivity contribution < 1.29 is 18.7 Å². The van der Waals surface area contributed by atoms with E-state index in [0.717, 1.165) is 12.0 Å². The van der Waals surface area contributed by atoms with Gasteiger partial charge in [-0.1, -0.05) is 0 Å². The molecule has 1 fully saturated rings. The number of ether oxygens (including phenoxy) is 2. The molecule has 0 bridgehead atoms. The second-order valence-electron chi connectivity index (χ2n) is 5.69. The van der Waals surface area contributed by atoms with E-state index in [1.807, 2.05) is 18.2 Å². The third-order valence-electron chi connectivity index (χ3n) is 4.09. The zero-order valence-corrected chi connectivity index (χ0v) is 12.5. The van der Waals surface area contributed by atoms with Crippen LogP contribution in [-0.4, -0.2) is 48.1 Å². The molecule has 3 heterocycles. The van der Waals surface area contributed by atoms with Gasteiger partial charge in [0, 0.05) is 24.7 Å². The Hall–Kier alpha value is -2.54. The summed E-state index contributed by atoms with van der Waals surface area (Å²) in [5.74, 6) is 1.62. The summed E-state index contributed by atoms with van der Waals surface area (Å²) in [5, 5.41) is 0. The minimum absolute atomic E-state index is 0.0311. The molecule has 7 heteroatoms. The molecule has 0 unspecified atom stereocenters. The van der Waals surface area contributed by atoms with Crippen LogP contribution in [0.3, 0.4) is 0 Å². The van der Waals surface area contributed by atoms with Crippen LogP contribution in [0.15, 0.2) is 29.0 Å². The maximum Gasteiger partial charge on any atom is 0.276 e. The Morgan fingerprint density at radius 3 is 2.87 bits per heavy atom. The van der Waals surface area contributed by atoms with Crippen LogP contribution < -0.4 is 15.2 Å². The van der Waals surface area contributed by atoms with Crippen molar-refractivity contribution in [3.8, 4) is 22.8 Å². The largest absolute Gasteiger partial charge is 0.486 e. The highest BCUT2D eigenvalue weighted by atomic mass is 16.6. The molecule has 0 radical (unpaired) electrons. The summed E-state index contributed by atoms with van der Waals surface area (Å²) >= 11 is 0. The first-order valence-corrected chi connectivity index (χ1v) is 7.61. The summed E-state index contributed by atoms with van der Waals surface area (Å²) < 4.78 is 16.5. The van der Waals surface area contributed by atoms with Crippen molar-refractivity contribution in [2.45, 2.75) is 12.5 Å². The van der Waals surface area contributed by atoms with E-state index < -0.39 is 0 Å². The van der Waals surface area contributed by atoms with Gasteiger partial charge in [0.2, 0.25) is 0 Å². The maximum atomic E-state index is 12.6. The van der Waals surface area contributed by atoms with E-state index >= 15 is 0 Å². The molecule has 7 nitrogen and oxygen atoms in total. The lowest BCUT2D eigenvalue weighted by molar-refractivity contribution is 0.0786. The molecule has 23 heavy (non-hydrogen) atoms. The number of benzene rings is 1. The van der Waals surface area contributed by atoms with Crippen molar-refractivity contribution in [3.63, 3.8) is 0 Å². The van der Waals surface area contributed by atoms with Crippen molar-refractivity contribution in [1.29, 1.82) is 0 Å². The number of nitrogens with zero attached hydrogens (tertiary/aromatic N) is 2.